The van der Waals surface area contributed by atoms with Crippen molar-refractivity contribution in [1.29, 1.82) is 0 Å². The van der Waals surface area contributed by atoms with Crippen LogP contribution in [-0.2, 0) is 6.18 Å². The lowest BCUT2D eigenvalue weighted by Gasteiger charge is -2.27. The maximum atomic E-state index is 12.7. The summed E-state index contributed by atoms with van der Waals surface area (Å²) in [6.07, 6.45) is -4.52. The first-order chi connectivity index (χ1) is 9.22. The van der Waals surface area contributed by atoms with Crippen molar-refractivity contribution in [2.75, 3.05) is 18.6 Å². The van der Waals surface area contributed by atoms with E-state index in [1.165, 1.54) is 6.07 Å². The van der Waals surface area contributed by atoms with Gasteiger partial charge in [0.2, 0.25) is 0 Å². The van der Waals surface area contributed by atoms with Crippen LogP contribution in [0, 0.1) is 0 Å². The Morgan fingerprint density at radius 1 is 1.45 bits per heavy atom. The van der Waals surface area contributed by atoms with Crippen LogP contribution < -0.4 is 10.6 Å². The fraction of sp³-hybridized carbons (Fsp3) is 0.417. The zero-order valence-corrected chi connectivity index (χ0v) is 11.0. The molecular formula is C12H16F3N3O2. The van der Waals surface area contributed by atoms with Gasteiger partial charge < -0.3 is 20.9 Å². The number of oxime groups is 1. The second-order valence-electron chi connectivity index (χ2n) is 4.36. The SMILES string of the molecule is CC(CO)N(C)c1ccc(C(F)(F)F)cc1/C(N)=N/O. The summed E-state index contributed by atoms with van der Waals surface area (Å²) in [7, 11) is 1.59. The van der Waals surface area contributed by atoms with Crippen molar-refractivity contribution >= 4 is 11.5 Å². The molecule has 0 amide bonds. The van der Waals surface area contributed by atoms with E-state index in [-0.39, 0.29) is 18.2 Å². The Morgan fingerprint density at radius 3 is 2.50 bits per heavy atom. The zero-order valence-electron chi connectivity index (χ0n) is 11.0. The summed E-state index contributed by atoms with van der Waals surface area (Å²) in [5.41, 5.74) is 4.81. The van der Waals surface area contributed by atoms with Gasteiger partial charge in [-0.1, -0.05) is 5.16 Å². The third-order valence-corrected chi connectivity index (χ3v) is 3.01. The normalized spacial score (nSPS) is 14.2. The molecule has 112 valence electrons. The van der Waals surface area contributed by atoms with Crippen molar-refractivity contribution in [2.45, 2.75) is 19.1 Å². The Hall–Kier alpha value is -1.96. The Morgan fingerprint density at radius 2 is 2.05 bits per heavy atom. The molecule has 0 saturated heterocycles. The minimum absolute atomic E-state index is 0.0508. The third kappa shape index (κ3) is 3.32. The molecule has 8 heteroatoms. The number of nitrogens with two attached hydrogens (primary N) is 1. The lowest BCUT2D eigenvalue weighted by molar-refractivity contribution is -0.137. The molecule has 0 spiro atoms. The molecule has 4 N–H and O–H groups in total. The van der Waals surface area contributed by atoms with E-state index in [0.717, 1.165) is 12.1 Å². The summed E-state index contributed by atoms with van der Waals surface area (Å²) in [4.78, 5) is 1.55. The van der Waals surface area contributed by atoms with Crippen molar-refractivity contribution in [1.82, 2.24) is 0 Å². The van der Waals surface area contributed by atoms with Gasteiger partial charge in [-0.25, -0.2) is 0 Å². The van der Waals surface area contributed by atoms with E-state index in [1.807, 2.05) is 0 Å². The smallest absolute Gasteiger partial charge is 0.409 e. The van der Waals surface area contributed by atoms with Crippen LogP contribution in [0.4, 0.5) is 18.9 Å². The summed E-state index contributed by atoms with van der Waals surface area (Å²) in [6.45, 7) is 1.50. The van der Waals surface area contributed by atoms with Crippen molar-refractivity contribution in [3.63, 3.8) is 0 Å². The number of halogens is 3. The molecule has 1 aromatic rings. The molecule has 0 bridgehead atoms. The maximum Gasteiger partial charge on any atom is 0.416 e. The van der Waals surface area contributed by atoms with Gasteiger partial charge >= 0.3 is 6.18 Å². The highest BCUT2D eigenvalue weighted by Crippen LogP contribution is 2.33. The van der Waals surface area contributed by atoms with Gasteiger partial charge in [-0.2, -0.15) is 13.2 Å². The molecule has 0 aromatic heterocycles. The van der Waals surface area contributed by atoms with Crippen LogP contribution in [0.2, 0.25) is 0 Å². The number of nitrogens with zero attached hydrogens (tertiary/aromatic N) is 2. The minimum Gasteiger partial charge on any atom is -0.409 e. The second kappa shape index (κ2) is 6.00. The van der Waals surface area contributed by atoms with Gasteiger partial charge in [0.05, 0.1) is 12.2 Å². The lowest BCUT2D eigenvalue weighted by Crippen LogP contribution is -2.34. The molecule has 1 rings (SSSR count). The number of aliphatic hydroxyl groups excluding tert-OH is 1. The zero-order chi connectivity index (χ0) is 15.5. The monoisotopic (exact) mass is 291 g/mol. The quantitative estimate of drug-likeness (QED) is 0.341. The standard InChI is InChI=1S/C12H16F3N3O2/c1-7(6-19)18(2)10-4-3-8(12(13,14)15)5-9(10)11(16)17-20/h3-5,7,19-20H,6H2,1-2H3,(H2,16,17). The number of alkyl halides is 3. The van der Waals surface area contributed by atoms with Gasteiger partial charge in [-0.3, -0.25) is 0 Å². The fourth-order valence-electron chi connectivity index (χ4n) is 1.64. The number of aliphatic hydroxyl groups is 1. The maximum absolute atomic E-state index is 12.7. The van der Waals surface area contributed by atoms with Gasteiger partial charge in [0.15, 0.2) is 5.84 Å². The first-order valence-electron chi connectivity index (χ1n) is 5.75. The topological polar surface area (TPSA) is 82.1 Å². The molecule has 0 radical (unpaired) electrons. The van der Waals surface area contributed by atoms with Crippen molar-refractivity contribution in [3.05, 3.63) is 29.3 Å². The van der Waals surface area contributed by atoms with Crippen molar-refractivity contribution < 1.29 is 23.5 Å². The van der Waals surface area contributed by atoms with Gasteiger partial charge in [0.25, 0.3) is 0 Å². The van der Waals surface area contributed by atoms with E-state index >= 15 is 0 Å². The number of anilines is 1. The average molecular weight is 291 g/mol. The molecule has 0 aliphatic carbocycles. The van der Waals surface area contributed by atoms with E-state index in [9.17, 15) is 13.2 Å². The largest absolute Gasteiger partial charge is 0.416 e. The Bertz CT molecular complexity index is 503. The van der Waals surface area contributed by atoms with Crippen LogP contribution in [-0.4, -0.2) is 35.8 Å². The van der Waals surface area contributed by atoms with Gasteiger partial charge in [-0.15, -0.1) is 0 Å². The molecule has 1 atom stereocenters. The van der Waals surface area contributed by atoms with E-state index < -0.39 is 17.6 Å². The number of amidine groups is 1. The second-order valence-corrected chi connectivity index (χ2v) is 4.36. The first kappa shape index (κ1) is 16.1. The number of rotatable bonds is 4. The summed E-state index contributed by atoms with van der Waals surface area (Å²) >= 11 is 0. The number of benzene rings is 1. The van der Waals surface area contributed by atoms with Crippen LogP contribution >= 0.6 is 0 Å². The molecular weight excluding hydrogens is 275 g/mol. The molecule has 0 aliphatic heterocycles. The average Bonchev–Trinajstić information content (AvgIpc) is 2.43. The number of hydrogen-bond acceptors (Lipinski definition) is 4. The van der Waals surface area contributed by atoms with E-state index in [0.29, 0.717) is 5.69 Å². The predicted molar refractivity (Wildman–Crippen MR) is 68.9 cm³/mol. The fourth-order valence-corrected chi connectivity index (χ4v) is 1.64. The van der Waals surface area contributed by atoms with E-state index in [2.05, 4.69) is 5.16 Å². The highest BCUT2D eigenvalue weighted by molar-refractivity contribution is 6.02. The molecule has 5 nitrogen and oxygen atoms in total. The van der Waals surface area contributed by atoms with Crippen LogP contribution in [0.5, 0.6) is 0 Å². The molecule has 1 aromatic carbocycles. The number of hydrogen-bond donors (Lipinski definition) is 3. The first-order valence-corrected chi connectivity index (χ1v) is 5.75. The van der Waals surface area contributed by atoms with Crippen LogP contribution in [0.25, 0.3) is 0 Å². The van der Waals surface area contributed by atoms with Crippen LogP contribution in [0.15, 0.2) is 23.4 Å². The van der Waals surface area contributed by atoms with E-state index in [4.69, 9.17) is 16.0 Å². The van der Waals surface area contributed by atoms with Crippen molar-refractivity contribution in [3.8, 4) is 0 Å². The third-order valence-electron chi connectivity index (χ3n) is 3.01. The van der Waals surface area contributed by atoms with E-state index in [1.54, 1.807) is 18.9 Å². The molecule has 0 heterocycles. The summed E-state index contributed by atoms with van der Waals surface area (Å²) in [5.74, 6) is -0.428. The number of likely N-dealkylation sites (N-methyl/N-ethyl adjacent to an activating group) is 1. The summed E-state index contributed by atoms with van der Waals surface area (Å²) in [6, 6.07) is 2.61. The van der Waals surface area contributed by atoms with Crippen molar-refractivity contribution in [2.24, 2.45) is 10.9 Å². The van der Waals surface area contributed by atoms with Gasteiger partial charge in [0.1, 0.15) is 0 Å². The predicted octanol–water partition coefficient (Wildman–Crippen LogP) is 1.62. The lowest BCUT2D eigenvalue weighted by atomic mass is 10.1. The Kier molecular flexibility index (Phi) is 4.83. The molecule has 20 heavy (non-hydrogen) atoms. The Labute approximate surface area is 114 Å². The summed E-state index contributed by atoms with van der Waals surface area (Å²) < 4.78 is 38.1. The van der Waals surface area contributed by atoms with Gasteiger partial charge in [-0.05, 0) is 25.1 Å². The molecule has 0 aliphatic rings. The highest BCUT2D eigenvalue weighted by atomic mass is 19.4. The summed E-state index contributed by atoms with van der Waals surface area (Å²) in [5, 5.41) is 20.6. The molecule has 1 unspecified atom stereocenters. The van der Waals surface area contributed by atoms with Gasteiger partial charge in [0, 0.05) is 24.3 Å². The highest BCUT2D eigenvalue weighted by Gasteiger charge is 2.32. The minimum atomic E-state index is -4.52. The Balaban J connectivity index is 3.39. The molecule has 0 saturated carbocycles. The molecule has 0 fully saturated rings. The van der Waals surface area contributed by atoms with Crippen LogP contribution in [0.1, 0.15) is 18.1 Å². The van der Waals surface area contributed by atoms with Crippen LogP contribution in [0.3, 0.4) is 0 Å².